The van der Waals surface area contributed by atoms with Crippen molar-refractivity contribution >= 4 is 22.6 Å². The molecular formula is C6H4F3IO. The summed E-state index contributed by atoms with van der Waals surface area (Å²) in [7, 11) is 0. The fourth-order valence-electron chi connectivity index (χ4n) is 0.600. The Kier molecular flexibility index (Phi) is 2.17. The summed E-state index contributed by atoms with van der Waals surface area (Å²) in [4.78, 5) is 0. The van der Waals surface area contributed by atoms with E-state index in [4.69, 9.17) is 0 Å². The maximum atomic E-state index is 11.9. The zero-order valence-electron chi connectivity index (χ0n) is 5.50. The number of aryl methyl sites for hydroxylation is 1. The summed E-state index contributed by atoms with van der Waals surface area (Å²) in [5, 5.41) is 0. The number of alkyl halides is 3. The SMILES string of the molecule is Cc1cc(C(F)(F)F)oc1I. The second-order valence-corrected chi connectivity index (χ2v) is 3.04. The Balaban J connectivity index is 3.08. The molecule has 0 radical (unpaired) electrons. The van der Waals surface area contributed by atoms with Gasteiger partial charge in [-0.05, 0) is 35.6 Å². The molecule has 0 aromatic carbocycles. The van der Waals surface area contributed by atoms with Crippen LogP contribution >= 0.6 is 22.6 Å². The van der Waals surface area contributed by atoms with E-state index in [1.807, 2.05) is 0 Å². The highest BCUT2D eigenvalue weighted by Crippen LogP contribution is 2.32. The minimum absolute atomic E-state index is 0.287. The van der Waals surface area contributed by atoms with Gasteiger partial charge in [-0.15, -0.1) is 0 Å². The van der Waals surface area contributed by atoms with E-state index in [0.29, 0.717) is 5.56 Å². The molecule has 0 amide bonds. The molecule has 1 rings (SSSR count). The van der Waals surface area contributed by atoms with E-state index in [9.17, 15) is 13.2 Å². The Bertz CT molecular complexity index is 244. The summed E-state index contributed by atoms with van der Waals surface area (Å²) in [6.07, 6.45) is -4.37. The van der Waals surface area contributed by atoms with Crippen LogP contribution in [0.1, 0.15) is 11.3 Å². The van der Waals surface area contributed by atoms with E-state index in [1.54, 1.807) is 29.5 Å². The first-order valence-electron chi connectivity index (χ1n) is 2.74. The first kappa shape index (κ1) is 8.89. The molecule has 1 aromatic rings. The molecule has 0 spiro atoms. The van der Waals surface area contributed by atoms with Crippen LogP contribution in [0.4, 0.5) is 13.2 Å². The Morgan fingerprint density at radius 2 is 2.00 bits per heavy atom. The third kappa shape index (κ3) is 1.88. The predicted molar refractivity (Wildman–Crippen MR) is 41.2 cm³/mol. The topological polar surface area (TPSA) is 13.1 Å². The zero-order chi connectivity index (χ0) is 8.65. The average Bonchev–Trinajstić information content (AvgIpc) is 2.11. The maximum absolute atomic E-state index is 11.9. The third-order valence-electron chi connectivity index (χ3n) is 1.14. The Labute approximate surface area is 74.7 Å². The Morgan fingerprint density at radius 1 is 1.45 bits per heavy atom. The van der Waals surface area contributed by atoms with Crippen molar-refractivity contribution in [3.05, 3.63) is 21.2 Å². The lowest BCUT2D eigenvalue weighted by atomic mass is 10.3. The molecule has 0 saturated heterocycles. The summed E-state index contributed by atoms with van der Waals surface area (Å²) in [6, 6.07) is 0.988. The average molecular weight is 276 g/mol. The Morgan fingerprint density at radius 3 is 2.18 bits per heavy atom. The van der Waals surface area contributed by atoms with Crippen LogP contribution in [0, 0.1) is 10.7 Å². The minimum Gasteiger partial charge on any atom is -0.446 e. The van der Waals surface area contributed by atoms with Crippen molar-refractivity contribution in [2.75, 3.05) is 0 Å². The fourth-order valence-corrected chi connectivity index (χ4v) is 0.993. The molecule has 0 aliphatic carbocycles. The van der Waals surface area contributed by atoms with Crippen molar-refractivity contribution in [3.8, 4) is 0 Å². The van der Waals surface area contributed by atoms with Crippen LogP contribution in [-0.4, -0.2) is 0 Å². The van der Waals surface area contributed by atoms with E-state index in [-0.39, 0.29) is 3.77 Å². The first-order chi connectivity index (χ1) is 4.91. The molecule has 0 N–H and O–H groups in total. The van der Waals surface area contributed by atoms with Gasteiger partial charge in [-0.3, -0.25) is 0 Å². The normalized spacial score (nSPS) is 12.1. The summed E-state index contributed by atoms with van der Waals surface area (Å²) in [5.41, 5.74) is 0.512. The lowest BCUT2D eigenvalue weighted by molar-refractivity contribution is -0.153. The minimum atomic E-state index is -4.37. The molecule has 62 valence electrons. The van der Waals surface area contributed by atoms with Gasteiger partial charge in [-0.25, -0.2) is 0 Å². The second kappa shape index (κ2) is 2.69. The molecule has 0 atom stereocenters. The molecule has 5 heteroatoms. The van der Waals surface area contributed by atoms with Gasteiger partial charge < -0.3 is 4.42 Å². The third-order valence-corrected chi connectivity index (χ3v) is 2.21. The molecule has 0 fully saturated rings. The van der Waals surface area contributed by atoms with Crippen LogP contribution in [0.15, 0.2) is 10.5 Å². The Hall–Kier alpha value is -0.200. The molecule has 1 aromatic heterocycles. The van der Waals surface area contributed by atoms with Gasteiger partial charge in [-0.1, -0.05) is 0 Å². The van der Waals surface area contributed by atoms with E-state index in [2.05, 4.69) is 4.42 Å². The zero-order valence-corrected chi connectivity index (χ0v) is 7.65. The highest BCUT2D eigenvalue weighted by atomic mass is 127. The van der Waals surface area contributed by atoms with Crippen LogP contribution < -0.4 is 0 Å². The van der Waals surface area contributed by atoms with Crippen molar-refractivity contribution in [2.45, 2.75) is 13.1 Å². The van der Waals surface area contributed by atoms with Gasteiger partial charge in [0.25, 0.3) is 0 Å². The summed E-state index contributed by atoms with van der Waals surface area (Å²) in [5.74, 6) is -0.931. The van der Waals surface area contributed by atoms with Gasteiger partial charge in [-0.2, -0.15) is 13.2 Å². The molecule has 0 bridgehead atoms. The fraction of sp³-hybridized carbons (Fsp3) is 0.333. The van der Waals surface area contributed by atoms with Crippen molar-refractivity contribution < 1.29 is 17.6 Å². The van der Waals surface area contributed by atoms with Crippen LogP contribution in [-0.2, 0) is 6.18 Å². The van der Waals surface area contributed by atoms with Crippen LogP contribution in [0.25, 0.3) is 0 Å². The van der Waals surface area contributed by atoms with Gasteiger partial charge in [0.1, 0.15) is 0 Å². The lowest BCUT2D eigenvalue weighted by Crippen LogP contribution is -2.02. The molecule has 1 heterocycles. The van der Waals surface area contributed by atoms with E-state index in [1.165, 1.54) is 0 Å². The van der Waals surface area contributed by atoms with Crippen molar-refractivity contribution in [2.24, 2.45) is 0 Å². The molecule has 0 unspecified atom stereocenters. The van der Waals surface area contributed by atoms with E-state index in [0.717, 1.165) is 6.07 Å². The molecule has 0 saturated carbocycles. The quantitative estimate of drug-likeness (QED) is 0.663. The van der Waals surface area contributed by atoms with E-state index < -0.39 is 11.9 Å². The molecule has 1 nitrogen and oxygen atoms in total. The number of hydrogen-bond acceptors (Lipinski definition) is 1. The number of hydrogen-bond donors (Lipinski definition) is 0. The molecule has 0 aliphatic rings. The number of halogens is 4. The number of furan rings is 1. The maximum Gasteiger partial charge on any atom is 0.449 e. The molecular weight excluding hydrogens is 272 g/mol. The van der Waals surface area contributed by atoms with Crippen LogP contribution in [0.3, 0.4) is 0 Å². The summed E-state index contributed by atoms with van der Waals surface area (Å²) in [6.45, 7) is 1.57. The molecule has 0 aliphatic heterocycles. The van der Waals surface area contributed by atoms with Crippen LogP contribution in [0.5, 0.6) is 0 Å². The highest BCUT2D eigenvalue weighted by molar-refractivity contribution is 14.1. The lowest BCUT2D eigenvalue weighted by Gasteiger charge is -1.98. The highest BCUT2D eigenvalue weighted by Gasteiger charge is 2.35. The van der Waals surface area contributed by atoms with Crippen molar-refractivity contribution in [1.29, 1.82) is 0 Å². The van der Waals surface area contributed by atoms with Gasteiger partial charge in [0, 0.05) is 5.56 Å². The van der Waals surface area contributed by atoms with Gasteiger partial charge in [0.2, 0.25) is 5.76 Å². The van der Waals surface area contributed by atoms with Gasteiger partial charge >= 0.3 is 6.18 Å². The largest absolute Gasteiger partial charge is 0.449 e. The predicted octanol–water partition coefficient (Wildman–Crippen LogP) is 3.21. The van der Waals surface area contributed by atoms with Crippen molar-refractivity contribution in [3.63, 3.8) is 0 Å². The standard InChI is InChI=1S/C6H4F3IO/c1-3-2-4(6(7,8)9)11-5(3)10/h2H,1H3. The van der Waals surface area contributed by atoms with E-state index >= 15 is 0 Å². The number of rotatable bonds is 0. The van der Waals surface area contributed by atoms with Crippen LogP contribution in [0.2, 0.25) is 0 Å². The van der Waals surface area contributed by atoms with Crippen molar-refractivity contribution in [1.82, 2.24) is 0 Å². The smallest absolute Gasteiger partial charge is 0.446 e. The summed E-state index contributed by atoms with van der Waals surface area (Å²) >= 11 is 1.72. The summed E-state index contributed by atoms with van der Waals surface area (Å²) < 4.78 is 40.4. The first-order valence-corrected chi connectivity index (χ1v) is 3.82. The molecule has 11 heavy (non-hydrogen) atoms. The van der Waals surface area contributed by atoms with Gasteiger partial charge in [0.05, 0.1) is 0 Å². The second-order valence-electron chi connectivity index (χ2n) is 2.07. The van der Waals surface area contributed by atoms with Gasteiger partial charge in [0.15, 0.2) is 3.77 Å². The monoisotopic (exact) mass is 276 g/mol.